The number of ether oxygens (including phenoxy) is 1. The first kappa shape index (κ1) is 12.6. The molecule has 0 N–H and O–H groups in total. The quantitative estimate of drug-likeness (QED) is 0.767. The van der Waals surface area contributed by atoms with Crippen LogP contribution in [0.5, 0.6) is 0 Å². The Morgan fingerprint density at radius 1 is 1.53 bits per heavy atom. The minimum Gasteiger partial charge on any atom is -0.376 e. The van der Waals surface area contributed by atoms with Crippen LogP contribution in [-0.2, 0) is 17.0 Å². The van der Waals surface area contributed by atoms with Gasteiger partial charge in [-0.15, -0.1) is 5.10 Å². The average Bonchev–Trinajstić information content (AvgIpc) is 3.10. The molecular weight excluding hydrogens is 266 g/mol. The molecule has 0 spiro atoms. The molecule has 3 heterocycles. The highest BCUT2D eigenvalue weighted by atomic mass is 32.2. The van der Waals surface area contributed by atoms with Crippen molar-refractivity contribution in [1.82, 2.24) is 25.4 Å². The van der Waals surface area contributed by atoms with E-state index < -0.39 is 0 Å². The van der Waals surface area contributed by atoms with E-state index >= 15 is 0 Å². The van der Waals surface area contributed by atoms with E-state index in [1.807, 2.05) is 13.0 Å². The zero-order valence-corrected chi connectivity index (χ0v) is 11.5. The van der Waals surface area contributed by atoms with Gasteiger partial charge >= 0.3 is 0 Å². The molecule has 7 nitrogen and oxygen atoms in total. The molecule has 3 rings (SSSR count). The highest BCUT2D eigenvalue weighted by Gasteiger charge is 2.19. The summed E-state index contributed by atoms with van der Waals surface area (Å²) in [6.45, 7) is 3.45. The van der Waals surface area contributed by atoms with Gasteiger partial charge in [0.25, 0.3) is 0 Å². The van der Waals surface area contributed by atoms with Gasteiger partial charge in [0.15, 0.2) is 0 Å². The van der Waals surface area contributed by atoms with Gasteiger partial charge in [-0.2, -0.15) is 0 Å². The Morgan fingerprint density at radius 3 is 3.21 bits per heavy atom. The van der Waals surface area contributed by atoms with Crippen molar-refractivity contribution in [2.24, 2.45) is 0 Å². The van der Waals surface area contributed by atoms with Crippen molar-refractivity contribution in [1.29, 1.82) is 0 Å². The summed E-state index contributed by atoms with van der Waals surface area (Å²) < 4.78 is 12.6. The summed E-state index contributed by atoms with van der Waals surface area (Å²) >= 11 is 1.54. The van der Waals surface area contributed by atoms with Gasteiger partial charge in [-0.25, -0.2) is 4.68 Å². The summed E-state index contributed by atoms with van der Waals surface area (Å²) in [7, 11) is 0. The van der Waals surface area contributed by atoms with Gasteiger partial charge in [0.2, 0.25) is 5.16 Å². The third kappa shape index (κ3) is 3.13. The van der Waals surface area contributed by atoms with Crippen LogP contribution in [0, 0.1) is 6.92 Å². The number of aryl methyl sites for hydroxylation is 1. The van der Waals surface area contributed by atoms with E-state index in [0.717, 1.165) is 36.1 Å². The number of rotatable bonds is 5. The molecule has 1 unspecified atom stereocenters. The Labute approximate surface area is 114 Å². The normalized spacial score (nSPS) is 19.1. The van der Waals surface area contributed by atoms with Crippen molar-refractivity contribution in [3.8, 4) is 0 Å². The van der Waals surface area contributed by atoms with E-state index in [2.05, 4.69) is 20.7 Å². The van der Waals surface area contributed by atoms with Gasteiger partial charge in [0, 0.05) is 12.7 Å². The smallest absolute Gasteiger partial charge is 0.209 e. The standard InChI is InChI=1S/C11H15N5O2S/c1-8-5-10(18-13-8)7-19-11-12-14-15-16(11)6-9-3-2-4-17-9/h5,9H,2-4,6-7H2,1H3. The van der Waals surface area contributed by atoms with Crippen molar-refractivity contribution < 1.29 is 9.26 Å². The van der Waals surface area contributed by atoms with Crippen molar-refractivity contribution in [2.75, 3.05) is 6.61 Å². The molecule has 2 aromatic rings. The number of hydrogen-bond acceptors (Lipinski definition) is 7. The van der Waals surface area contributed by atoms with E-state index in [-0.39, 0.29) is 6.10 Å². The Balaban J connectivity index is 1.59. The summed E-state index contributed by atoms with van der Waals surface area (Å²) in [6.07, 6.45) is 2.42. The van der Waals surface area contributed by atoms with Crippen molar-refractivity contribution >= 4 is 11.8 Å². The zero-order chi connectivity index (χ0) is 13.1. The predicted molar refractivity (Wildman–Crippen MR) is 67.6 cm³/mol. The lowest BCUT2D eigenvalue weighted by Gasteiger charge is -2.09. The van der Waals surface area contributed by atoms with Crippen LogP contribution >= 0.6 is 11.8 Å². The average molecular weight is 281 g/mol. The number of thioether (sulfide) groups is 1. The molecule has 0 radical (unpaired) electrons. The molecule has 1 saturated heterocycles. The summed E-state index contributed by atoms with van der Waals surface area (Å²) in [5.41, 5.74) is 0.884. The van der Waals surface area contributed by atoms with Crippen LogP contribution in [0.15, 0.2) is 15.7 Å². The molecule has 1 aliphatic rings. The second-order valence-corrected chi connectivity index (χ2v) is 5.44. The molecule has 1 fully saturated rings. The van der Waals surface area contributed by atoms with E-state index in [0.29, 0.717) is 12.3 Å². The lowest BCUT2D eigenvalue weighted by Crippen LogP contribution is -2.16. The van der Waals surface area contributed by atoms with E-state index in [1.54, 1.807) is 16.4 Å². The van der Waals surface area contributed by atoms with E-state index in [9.17, 15) is 0 Å². The summed E-state index contributed by atoms with van der Waals surface area (Å²) in [6, 6.07) is 1.92. The predicted octanol–water partition coefficient (Wildman–Crippen LogP) is 1.44. The van der Waals surface area contributed by atoms with Crippen LogP contribution < -0.4 is 0 Å². The van der Waals surface area contributed by atoms with Crippen molar-refractivity contribution in [3.63, 3.8) is 0 Å². The first-order chi connectivity index (χ1) is 9.31. The van der Waals surface area contributed by atoms with Crippen molar-refractivity contribution in [3.05, 3.63) is 17.5 Å². The molecule has 1 atom stereocenters. The maximum absolute atomic E-state index is 5.59. The van der Waals surface area contributed by atoms with E-state index in [1.165, 1.54) is 0 Å². The Hall–Kier alpha value is -1.41. The lowest BCUT2D eigenvalue weighted by molar-refractivity contribution is 0.0912. The largest absolute Gasteiger partial charge is 0.376 e. The molecule has 102 valence electrons. The fourth-order valence-electron chi connectivity index (χ4n) is 2.02. The van der Waals surface area contributed by atoms with Crippen LogP contribution in [0.4, 0.5) is 0 Å². The fraction of sp³-hybridized carbons (Fsp3) is 0.636. The van der Waals surface area contributed by atoms with Gasteiger partial charge in [-0.05, 0) is 30.2 Å². The van der Waals surface area contributed by atoms with Gasteiger partial charge in [-0.1, -0.05) is 16.9 Å². The molecule has 0 aliphatic carbocycles. The highest BCUT2D eigenvalue weighted by molar-refractivity contribution is 7.98. The Bertz CT molecular complexity index is 535. The molecule has 0 amide bonds. The maximum atomic E-state index is 5.59. The molecule has 19 heavy (non-hydrogen) atoms. The molecule has 1 aliphatic heterocycles. The molecule has 0 aromatic carbocycles. The van der Waals surface area contributed by atoms with Gasteiger partial charge < -0.3 is 9.26 Å². The summed E-state index contributed by atoms with van der Waals surface area (Å²) in [5.74, 6) is 1.50. The van der Waals surface area contributed by atoms with Gasteiger partial charge in [-0.3, -0.25) is 0 Å². The van der Waals surface area contributed by atoms with Gasteiger partial charge in [0.05, 0.1) is 24.1 Å². The third-order valence-electron chi connectivity index (χ3n) is 2.92. The summed E-state index contributed by atoms with van der Waals surface area (Å²) in [4.78, 5) is 0. The SMILES string of the molecule is Cc1cc(CSc2nnnn2CC2CCCO2)on1. The Morgan fingerprint density at radius 2 is 2.47 bits per heavy atom. The lowest BCUT2D eigenvalue weighted by atomic mass is 10.2. The zero-order valence-electron chi connectivity index (χ0n) is 10.7. The minimum absolute atomic E-state index is 0.232. The molecule has 8 heteroatoms. The second kappa shape index (κ2) is 5.70. The number of tetrazole rings is 1. The Kier molecular flexibility index (Phi) is 3.79. The maximum Gasteiger partial charge on any atom is 0.209 e. The number of nitrogens with zero attached hydrogens (tertiary/aromatic N) is 5. The van der Waals surface area contributed by atoms with Crippen molar-refractivity contribution in [2.45, 2.75) is 43.3 Å². The first-order valence-corrected chi connectivity index (χ1v) is 7.22. The summed E-state index contributed by atoms with van der Waals surface area (Å²) in [5, 5.41) is 16.4. The molecular formula is C11H15N5O2S. The first-order valence-electron chi connectivity index (χ1n) is 6.24. The van der Waals surface area contributed by atoms with Crippen LogP contribution in [0.1, 0.15) is 24.3 Å². The van der Waals surface area contributed by atoms with Crippen LogP contribution in [0.2, 0.25) is 0 Å². The van der Waals surface area contributed by atoms with Gasteiger partial charge in [0.1, 0.15) is 5.76 Å². The fourth-order valence-corrected chi connectivity index (χ4v) is 2.78. The van der Waals surface area contributed by atoms with Crippen LogP contribution in [-0.4, -0.2) is 38.1 Å². The molecule has 0 saturated carbocycles. The highest BCUT2D eigenvalue weighted by Crippen LogP contribution is 2.22. The van der Waals surface area contributed by atoms with Crippen LogP contribution in [0.25, 0.3) is 0 Å². The molecule has 2 aromatic heterocycles. The third-order valence-corrected chi connectivity index (χ3v) is 3.90. The monoisotopic (exact) mass is 281 g/mol. The van der Waals surface area contributed by atoms with Crippen LogP contribution in [0.3, 0.4) is 0 Å². The minimum atomic E-state index is 0.232. The topological polar surface area (TPSA) is 78.9 Å². The number of aromatic nitrogens is 5. The molecule has 0 bridgehead atoms. The second-order valence-electron chi connectivity index (χ2n) is 4.50. The number of hydrogen-bond donors (Lipinski definition) is 0. The van der Waals surface area contributed by atoms with E-state index in [4.69, 9.17) is 9.26 Å².